The van der Waals surface area contributed by atoms with Gasteiger partial charge in [0.25, 0.3) is 5.56 Å². The van der Waals surface area contributed by atoms with Crippen molar-refractivity contribution in [3.8, 4) is 11.1 Å². The number of hydrogen-bond acceptors (Lipinski definition) is 3. The smallest absolute Gasteiger partial charge is 0.251 e. The van der Waals surface area contributed by atoms with E-state index in [1.54, 1.807) is 18.3 Å². The van der Waals surface area contributed by atoms with Crippen LogP contribution in [0.2, 0.25) is 0 Å². The topological polar surface area (TPSA) is 68.2 Å². The maximum absolute atomic E-state index is 13.5. The Balaban J connectivity index is 1.99. The average molecular weight is 459 g/mol. The molecule has 0 spiro atoms. The molecule has 0 saturated heterocycles. The Kier molecular flexibility index (Phi) is 8.21. The fourth-order valence-electron chi connectivity index (χ4n) is 4.32. The maximum atomic E-state index is 13.5. The summed E-state index contributed by atoms with van der Waals surface area (Å²) in [6.45, 7) is 9.71. The minimum Gasteiger partial charge on any atom is -0.347 e. The zero-order valence-electron chi connectivity index (χ0n) is 20.7. The summed E-state index contributed by atoms with van der Waals surface area (Å²) in [6, 6.07) is 18.0. The van der Waals surface area contributed by atoms with Crippen LogP contribution in [-0.4, -0.2) is 16.3 Å². The van der Waals surface area contributed by atoms with Crippen molar-refractivity contribution in [3.63, 3.8) is 0 Å². The van der Waals surface area contributed by atoms with E-state index in [2.05, 4.69) is 37.4 Å². The van der Waals surface area contributed by atoms with Crippen molar-refractivity contribution in [2.45, 2.75) is 59.5 Å². The fraction of sp³-hybridized carbons (Fsp3) is 0.345. The molecule has 0 radical (unpaired) electrons. The van der Waals surface area contributed by atoms with E-state index in [0.717, 1.165) is 27.8 Å². The highest BCUT2D eigenvalue weighted by molar-refractivity contribution is 5.83. The van der Waals surface area contributed by atoms with Gasteiger partial charge in [-0.25, -0.2) is 0 Å². The molecule has 0 aliphatic rings. The Morgan fingerprint density at radius 2 is 1.59 bits per heavy atom. The van der Waals surface area contributed by atoms with Gasteiger partial charge in [-0.15, -0.1) is 0 Å². The van der Waals surface area contributed by atoms with Crippen molar-refractivity contribution in [1.82, 2.24) is 9.88 Å². The predicted octanol–water partition coefficient (Wildman–Crippen LogP) is 5.56. The van der Waals surface area contributed by atoms with Crippen molar-refractivity contribution < 1.29 is 9.59 Å². The lowest BCUT2D eigenvalue weighted by Gasteiger charge is -2.25. The normalized spacial score (nSPS) is 12.9. The van der Waals surface area contributed by atoms with Crippen LogP contribution in [0.1, 0.15) is 62.4 Å². The van der Waals surface area contributed by atoms with Gasteiger partial charge in [0.1, 0.15) is 11.8 Å². The second kappa shape index (κ2) is 11.1. The molecule has 3 rings (SSSR count). The van der Waals surface area contributed by atoms with Crippen LogP contribution in [0.4, 0.5) is 0 Å². The van der Waals surface area contributed by atoms with Crippen LogP contribution in [0, 0.1) is 19.8 Å². The van der Waals surface area contributed by atoms with Crippen LogP contribution in [0.3, 0.4) is 0 Å². The summed E-state index contributed by atoms with van der Waals surface area (Å²) in [6.07, 6.45) is 2.35. The van der Waals surface area contributed by atoms with Crippen LogP contribution in [0.15, 0.2) is 71.7 Å². The number of carbonyl (C=O) groups excluding carboxylic acids is 2. The molecule has 3 aromatic rings. The van der Waals surface area contributed by atoms with Crippen molar-refractivity contribution >= 4 is 11.7 Å². The number of amides is 1. The molecule has 178 valence electrons. The molecule has 0 fully saturated rings. The van der Waals surface area contributed by atoms with Gasteiger partial charge in [0, 0.05) is 18.7 Å². The van der Waals surface area contributed by atoms with Gasteiger partial charge in [-0.3, -0.25) is 14.4 Å². The number of ketones is 1. The summed E-state index contributed by atoms with van der Waals surface area (Å²) in [4.78, 5) is 38.1. The van der Waals surface area contributed by atoms with Crippen LogP contribution in [0.5, 0.6) is 0 Å². The molecule has 34 heavy (non-hydrogen) atoms. The Morgan fingerprint density at radius 1 is 0.912 bits per heavy atom. The number of nitrogens with zero attached hydrogens (tertiary/aromatic N) is 1. The Hall–Kier alpha value is -3.47. The van der Waals surface area contributed by atoms with Crippen molar-refractivity contribution in [2.24, 2.45) is 5.92 Å². The van der Waals surface area contributed by atoms with Gasteiger partial charge < -0.3 is 9.88 Å². The third kappa shape index (κ3) is 6.10. The van der Waals surface area contributed by atoms with Crippen LogP contribution in [-0.2, 0) is 9.59 Å². The van der Waals surface area contributed by atoms with E-state index in [4.69, 9.17) is 0 Å². The second-order valence-corrected chi connectivity index (χ2v) is 9.45. The van der Waals surface area contributed by atoms with Crippen LogP contribution >= 0.6 is 0 Å². The molecule has 1 amide bonds. The minimum absolute atomic E-state index is 0.0133. The summed E-state index contributed by atoms with van der Waals surface area (Å²) < 4.78 is 1.48. The molecule has 0 aliphatic heterocycles. The first-order valence-corrected chi connectivity index (χ1v) is 11.8. The lowest BCUT2D eigenvalue weighted by Crippen LogP contribution is -2.39. The molecule has 0 aliphatic carbocycles. The SMILES string of the molecule is CC(=O)C[C@H](NC(=O)[C@H](CC(C)C)n1ccccc1=O)c1ccc(C)c(-c2ccccc2C)c1. The average Bonchev–Trinajstić information content (AvgIpc) is 2.78. The summed E-state index contributed by atoms with van der Waals surface area (Å²) >= 11 is 0. The van der Waals surface area contributed by atoms with E-state index in [-0.39, 0.29) is 29.6 Å². The van der Waals surface area contributed by atoms with Gasteiger partial charge in [-0.1, -0.05) is 56.3 Å². The number of benzene rings is 2. The Morgan fingerprint density at radius 3 is 2.24 bits per heavy atom. The Labute approximate surface area is 201 Å². The van der Waals surface area contributed by atoms with E-state index in [9.17, 15) is 14.4 Å². The zero-order valence-corrected chi connectivity index (χ0v) is 20.7. The third-order valence-electron chi connectivity index (χ3n) is 6.09. The molecule has 5 nitrogen and oxygen atoms in total. The van der Waals surface area contributed by atoms with Gasteiger partial charge in [0.15, 0.2) is 0 Å². The zero-order chi connectivity index (χ0) is 24.8. The third-order valence-corrected chi connectivity index (χ3v) is 6.09. The van der Waals surface area contributed by atoms with E-state index in [0.29, 0.717) is 6.42 Å². The predicted molar refractivity (Wildman–Crippen MR) is 137 cm³/mol. The number of aromatic nitrogens is 1. The lowest BCUT2D eigenvalue weighted by atomic mass is 9.91. The molecule has 0 saturated carbocycles. The van der Waals surface area contributed by atoms with Gasteiger partial charge in [0.2, 0.25) is 5.91 Å². The molecule has 5 heteroatoms. The summed E-state index contributed by atoms with van der Waals surface area (Å²) in [5.41, 5.74) is 5.15. The monoisotopic (exact) mass is 458 g/mol. The molecule has 0 bridgehead atoms. The van der Waals surface area contributed by atoms with Crippen molar-refractivity contribution in [2.75, 3.05) is 0 Å². The summed E-state index contributed by atoms with van der Waals surface area (Å²) in [7, 11) is 0. The first-order valence-electron chi connectivity index (χ1n) is 11.8. The number of aryl methyl sites for hydroxylation is 2. The van der Waals surface area contributed by atoms with E-state index in [1.165, 1.54) is 17.6 Å². The number of pyridine rings is 1. The largest absolute Gasteiger partial charge is 0.347 e. The molecule has 1 aromatic heterocycles. The Bertz CT molecular complexity index is 1230. The summed E-state index contributed by atoms with van der Waals surface area (Å²) in [5, 5.41) is 3.09. The molecule has 2 atom stereocenters. The van der Waals surface area contributed by atoms with Crippen LogP contribution in [0.25, 0.3) is 11.1 Å². The highest BCUT2D eigenvalue weighted by Gasteiger charge is 2.26. The number of nitrogens with one attached hydrogen (secondary N) is 1. The molecule has 2 aromatic carbocycles. The van der Waals surface area contributed by atoms with Crippen LogP contribution < -0.4 is 10.9 Å². The first-order chi connectivity index (χ1) is 16.2. The number of rotatable bonds is 9. The van der Waals surface area contributed by atoms with E-state index < -0.39 is 12.1 Å². The lowest BCUT2D eigenvalue weighted by molar-refractivity contribution is -0.126. The van der Waals surface area contributed by atoms with Crippen molar-refractivity contribution in [1.29, 1.82) is 0 Å². The molecular formula is C29H34N2O3. The molecule has 1 N–H and O–H groups in total. The van der Waals surface area contributed by atoms with E-state index >= 15 is 0 Å². The highest BCUT2D eigenvalue weighted by Crippen LogP contribution is 2.31. The van der Waals surface area contributed by atoms with E-state index in [1.807, 2.05) is 38.1 Å². The number of hydrogen-bond donors (Lipinski definition) is 1. The summed E-state index contributed by atoms with van der Waals surface area (Å²) in [5.74, 6) is -0.0620. The maximum Gasteiger partial charge on any atom is 0.251 e. The first kappa shape index (κ1) is 25.2. The molecule has 1 heterocycles. The van der Waals surface area contributed by atoms with Gasteiger partial charge in [-0.2, -0.15) is 0 Å². The van der Waals surface area contributed by atoms with Gasteiger partial charge in [-0.05, 0) is 73.1 Å². The minimum atomic E-state index is -0.649. The molecule has 0 unspecified atom stereocenters. The fourth-order valence-corrected chi connectivity index (χ4v) is 4.32. The second-order valence-electron chi connectivity index (χ2n) is 9.45. The number of Topliss-reactive ketones (excluding diaryl/α,β-unsaturated/α-hetero) is 1. The molecular weight excluding hydrogens is 424 g/mol. The van der Waals surface area contributed by atoms with Gasteiger partial charge >= 0.3 is 0 Å². The number of carbonyl (C=O) groups is 2. The van der Waals surface area contributed by atoms with Crippen molar-refractivity contribution in [3.05, 3.63) is 93.9 Å². The quantitative estimate of drug-likeness (QED) is 0.457. The standard InChI is InChI=1S/C29H34N2O3/c1-19(2)16-27(31-15-9-8-12-28(31)33)29(34)30-26(17-22(5)32)23-14-13-21(4)25(18-23)24-11-7-6-10-20(24)3/h6-15,18-19,26-27H,16-17H2,1-5H3,(H,30,34)/t26-,27-/m0/s1. The highest BCUT2D eigenvalue weighted by atomic mass is 16.2. The van der Waals surface area contributed by atoms with Gasteiger partial charge in [0.05, 0.1) is 6.04 Å².